The van der Waals surface area contributed by atoms with Gasteiger partial charge >= 0.3 is 11.9 Å². The van der Waals surface area contributed by atoms with E-state index in [0.29, 0.717) is 17.4 Å². The number of unbranched alkanes of at least 4 members (excludes halogenated alkanes) is 27. The van der Waals surface area contributed by atoms with Crippen LogP contribution in [0.1, 0.15) is 264 Å². The molecule has 0 amide bonds. The third-order valence-corrected chi connectivity index (χ3v) is 14.3. The second kappa shape index (κ2) is 57.6. The maximum Gasteiger partial charge on any atom is 0.306 e. The molecule has 0 rings (SSSR count). The standard InChI is InChI=1S/C67H118NO8P/c1-6-8-10-12-14-16-18-20-22-24-26-27-28-29-30-31-32-33-34-35-36-37-38-39-40-41-42-44-46-48-50-52-54-56-58-60-67(70)76-65(64-75-77(71,72)74-62-61-68(3,4)5)63-73-66(69)59-57-55-53-51-49-47-45-43-25-23-21-19-17-15-13-11-9-7-2/h8,10,14,16,20,22-23,25-27,29-30,32-33,35-36,65H,6-7,9,11-13,15,17-19,21,24,28,31,34,37-64H2,1-5H3/b10-8-,16-14-,22-20-,25-23-,27-26-,30-29-,33-32-,36-35-. The van der Waals surface area contributed by atoms with Crippen molar-refractivity contribution in [3.05, 3.63) is 97.2 Å². The van der Waals surface area contributed by atoms with E-state index in [1.807, 2.05) is 21.1 Å². The fraction of sp³-hybridized carbons (Fsp3) is 0.731. The normalized spacial score (nSPS) is 13.9. The van der Waals surface area contributed by atoms with Gasteiger partial charge in [0.15, 0.2) is 6.10 Å². The number of carbonyl (C=O) groups excluding carboxylic acids is 2. The number of hydrogen-bond donors (Lipinski definition) is 0. The van der Waals surface area contributed by atoms with Crippen LogP contribution in [0.25, 0.3) is 0 Å². The Kier molecular flexibility index (Phi) is 55.3. The summed E-state index contributed by atoms with van der Waals surface area (Å²) in [5.41, 5.74) is 0. The number of ether oxygens (including phenoxy) is 2. The van der Waals surface area contributed by atoms with E-state index in [-0.39, 0.29) is 32.0 Å². The van der Waals surface area contributed by atoms with Crippen molar-refractivity contribution in [1.82, 2.24) is 0 Å². The molecule has 0 aromatic heterocycles. The van der Waals surface area contributed by atoms with Crippen molar-refractivity contribution >= 4 is 19.8 Å². The Morgan fingerprint density at radius 1 is 0.416 bits per heavy atom. The summed E-state index contributed by atoms with van der Waals surface area (Å²) in [7, 11) is 1.16. The van der Waals surface area contributed by atoms with Gasteiger partial charge in [0, 0.05) is 12.8 Å². The highest BCUT2D eigenvalue weighted by Gasteiger charge is 2.22. The lowest BCUT2D eigenvalue weighted by molar-refractivity contribution is -0.870. The highest BCUT2D eigenvalue weighted by atomic mass is 31.2. The first-order chi connectivity index (χ1) is 37.5. The van der Waals surface area contributed by atoms with Gasteiger partial charge in [0.2, 0.25) is 0 Å². The third kappa shape index (κ3) is 62.0. The summed E-state index contributed by atoms with van der Waals surface area (Å²) in [5, 5.41) is 0. The average molecular weight is 1100 g/mol. The minimum atomic E-state index is -4.64. The molecule has 444 valence electrons. The van der Waals surface area contributed by atoms with Crippen molar-refractivity contribution in [3.8, 4) is 0 Å². The Bertz CT molecular complexity index is 1620. The second-order valence-corrected chi connectivity index (χ2v) is 23.4. The molecule has 0 aliphatic heterocycles. The first-order valence-electron chi connectivity index (χ1n) is 31.4. The molecule has 9 nitrogen and oxygen atoms in total. The summed E-state index contributed by atoms with van der Waals surface area (Å²) >= 11 is 0. The van der Waals surface area contributed by atoms with Gasteiger partial charge in [-0.05, 0) is 96.3 Å². The monoisotopic (exact) mass is 1100 g/mol. The lowest BCUT2D eigenvalue weighted by Crippen LogP contribution is -2.37. The van der Waals surface area contributed by atoms with Crippen molar-refractivity contribution in [2.45, 2.75) is 270 Å². The van der Waals surface area contributed by atoms with Gasteiger partial charge in [-0.1, -0.05) is 252 Å². The van der Waals surface area contributed by atoms with Crippen molar-refractivity contribution in [3.63, 3.8) is 0 Å². The third-order valence-electron chi connectivity index (χ3n) is 13.3. The molecule has 0 N–H and O–H groups in total. The molecule has 0 spiro atoms. The van der Waals surface area contributed by atoms with Gasteiger partial charge in [-0.15, -0.1) is 0 Å². The van der Waals surface area contributed by atoms with Crippen molar-refractivity contribution in [1.29, 1.82) is 0 Å². The van der Waals surface area contributed by atoms with Gasteiger partial charge in [0.05, 0.1) is 27.7 Å². The number of hydrogen-bond acceptors (Lipinski definition) is 8. The molecule has 0 aromatic carbocycles. The van der Waals surface area contributed by atoms with Crippen LogP contribution >= 0.6 is 7.82 Å². The van der Waals surface area contributed by atoms with Gasteiger partial charge in [0.25, 0.3) is 7.82 Å². The molecule has 0 aromatic rings. The zero-order chi connectivity index (χ0) is 56.3. The van der Waals surface area contributed by atoms with Crippen LogP contribution in [-0.4, -0.2) is 70.0 Å². The number of phosphoric acid groups is 1. The zero-order valence-corrected chi connectivity index (χ0v) is 51.3. The summed E-state index contributed by atoms with van der Waals surface area (Å²) in [5.74, 6) is -0.837. The van der Waals surface area contributed by atoms with Gasteiger partial charge < -0.3 is 27.9 Å². The number of esters is 2. The molecule has 10 heteroatoms. The fourth-order valence-electron chi connectivity index (χ4n) is 8.51. The lowest BCUT2D eigenvalue weighted by atomic mass is 10.0. The fourth-order valence-corrected chi connectivity index (χ4v) is 9.24. The molecule has 0 bridgehead atoms. The van der Waals surface area contributed by atoms with E-state index in [9.17, 15) is 19.0 Å². The summed E-state index contributed by atoms with van der Waals surface area (Å²) < 4.78 is 34.2. The summed E-state index contributed by atoms with van der Waals surface area (Å²) in [6, 6.07) is 0. The van der Waals surface area contributed by atoms with Crippen molar-refractivity contribution in [2.24, 2.45) is 0 Å². The smallest absolute Gasteiger partial charge is 0.306 e. The summed E-state index contributed by atoms with van der Waals surface area (Å²) in [6.07, 6.45) is 78.9. The molecule has 0 aliphatic rings. The van der Waals surface area contributed by atoms with E-state index in [4.69, 9.17) is 18.5 Å². The maximum absolute atomic E-state index is 12.8. The molecule has 77 heavy (non-hydrogen) atoms. The molecule has 2 atom stereocenters. The van der Waals surface area contributed by atoms with Crippen LogP contribution in [-0.2, 0) is 32.7 Å². The molecule has 2 unspecified atom stereocenters. The van der Waals surface area contributed by atoms with E-state index in [1.165, 1.54) is 135 Å². The van der Waals surface area contributed by atoms with Crippen molar-refractivity contribution < 1.29 is 42.1 Å². The van der Waals surface area contributed by atoms with Crippen LogP contribution < -0.4 is 4.89 Å². The number of nitrogens with zero attached hydrogens (tertiary/aromatic N) is 1. The average Bonchev–Trinajstić information content (AvgIpc) is 3.39. The van der Waals surface area contributed by atoms with Crippen LogP contribution in [0.15, 0.2) is 97.2 Å². The van der Waals surface area contributed by atoms with Crippen LogP contribution in [0.2, 0.25) is 0 Å². The van der Waals surface area contributed by atoms with Crippen LogP contribution in [0.3, 0.4) is 0 Å². The number of carbonyl (C=O) groups is 2. The van der Waals surface area contributed by atoms with E-state index < -0.39 is 26.5 Å². The SMILES string of the molecule is CC/C=C\C/C=C\C/C=C\C/C=C\C/C=C\C/C=C\C/C=C\CCCCCCCCCCCCCCCC(=O)OC(COC(=O)CCCCCCCCC/C=C\CCCCCCCCC)COP(=O)([O-])OCC[N+](C)(C)C. The molecule has 0 heterocycles. The molecule has 0 fully saturated rings. The highest BCUT2D eigenvalue weighted by molar-refractivity contribution is 7.45. The van der Waals surface area contributed by atoms with Gasteiger partial charge in [-0.3, -0.25) is 14.2 Å². The first-order valence-corrected chi connectivity index (χ1v) is 32.9. The van der Waals surface area contributed by atoms with Gasteiger partial charge in [-0.2, -0.15) is 0 Å². The van der Waals surface area contributed by atoms with Crippen LogP contribution in [0, 0.1) is 0 Å². The Morgan fingerprint density at radius 2 is 0.740 bits per heavy atom. The predicted octanol–water partition coefficient (Wildman–Crippen LogP) is 19.4. The Balaban J connectivity index is 4.09. The van der Waals surface area contributed by atoms with Gasteiger partial charge in [-0.25, -0.2) is 0 Å². The summed E-state index contributed by atoms with van der Waals surface area (Å²) in [6.45, 7) is 4.13. The molecule has 0 saturated heterocycles. The number of quaternary nitrogens is 1. The minimum absolute atomic E-state index is 0.0345. The Labute approximate surface area is 474 Å². The molecule has 0 saturated carbocycles. The number of allylic oxidation sites excluding steroid dienone is 16. The maximum atomic E-state index is 12.8. The van der Waals surface area contributed by atoms with Crippen LogP contribution in [0.4, 0.5) is 0 Å². The largest absolute Gasteiger partial charge is 0.756 e. The highest BCUT2D eigenvalue weighted by Crippen LogP contribution is 2.38. The van der Waals surface area contributed by atoms with Gasteiger partial charge in [0.1, 0.15) is 19.8 Å². The minimum Gasteiger partial charge on any atom is -0.756 e. The molecule has 0 aliphatic carbocycles. The Morgan fingerprint density at radius 3 is 1.12 bits per heavy atom. The summed E-state index contributed by atoms with van der Waals surface area (Å²) in [4.78, 5) is 37.9. The zero-order valence-electron chi connectivity index (χ0n) is 50.4. The second-order valence-electron chi connectivity index (χ2n) is 22.0. The topological polar surface area (TPSA) is 111 Å². The lowest BCUT2D eigenvalue weighted by Gasteiger charge is -2.28. The Hall–Kier alpha value is -3.07. The molecule has 0 radical (unpaired) electrons. The van der Waals surface area contributed by atoms with E-state index in [2.05, 4.69) is 111 Å². The molecular weight excluding hydrogens is 978 g/mol. The van der Waals surface area contributed by atoms with Crippen molar-refractivity contribution in [2.75, 3.05) is 47.5 Å². The predicted molar refractivity (Wildman–Crippen MR) is 328 cm³/mol. The van der Waals surface area contributed by atoms with Crippen LogP contribution in [0.5, 0.6) is 0 Å². The number of phosphoric ester groups is 1. The van der Waals surface area contributed by atoms with E-state index >= 15 is 0 Å². The quantitative estimate of drug-likeness (QED) is 0.0195. The first kappa shape index (κ1) is 73.9. The molecular formula is C67H118NO8P. The van der Waals surface area contributed by atoms with E-state index in [1.54, 1.807) is 0 Å². The number of likely N-dealkylation sites (N-methyl/N-ethyl adjacent to an activating group) is 1. The van der Waals surface area contributed by atoms with E-state index in [0.717, 1.165) is 96.3 Å². The number of rotatable bonds is 57.